The van der Waals surface area contributed by atoms with E-state index in [1.807, 2.05) is 25.5 Å². The Labute approximate surface area is 139 Å². The number of aromatic nitrogens is 4. The van der Waals surface area contributed by atoms with E-state index >= 15 is 0 Å². The summed E-state index contributed by atoms with van der Waals surface area (Å²) in [5.74, 6) is -0.212. The molecule has 2 aromatic rings. The second-order valence-corrected chi connectivity index (χ2v) is 5.76. The van der Waals surface area contributed by atoms with E-state index in [2.05, 4.69) is 15.5 Å². The quantitative estimate of drug-likeness (QED) is 0.820. The highest BCUT2D eigenvalue weighted by molar-refractivity contribution is 6.33. The van der Waals surface area contributed by atoms with Crippen LogP contribution in [-0.2, 0) is 13.1 Å². The number of carbonyl (C=O) groups is 1. The van der Waals surface area contributed by atoms with Crippen molar-refractivity contribution in [2.75, 3.05) is 6.54 Å². The van der Waals surface area contributed by atoms with E-state index in [4.69, 9.17) is 23.2 Å². The third kappa shape index (κ3) is 3.44. The number of hydrogen-bond donors (Lipinski definition) is 1. The first kappa shape index (κ1) is 16.8. The van der Waals surface area contributed by atoms with Gasteiger partial charge in [-0.1, -0.05) is 23.2 Å². The van der Waals surface area contributed by atoms with Gasteiger partial charge in [0.15, 0.2) is 0 Å². The van der Waals surface area contributed by atoms with Gasteiger partial charge in [0.1, 0.15) is 5.69 Å². The van der Waals surface area contributed by atoms with Gasteiger partial charge in [0.2, 0.25) is 0 Å². The number of amides is 1. The number of carbonyl (C=O) groups excluding carboxylic acids is 1. The third-order valence-electron chi connectivity index (χ3n) is 3.43. The molecule has 120 valence electrons. The van der Waals surface area contributed by atoms with E-state index in [1.54, 1.807) is 4.68 Å². The zero-order chi connectivity index (χ0) is 16.3. The molecule has 1 amide bonds. The van der Waals surface area contributed by atoms with Gasteiger partial charge in [-0.3, -0.25) is 14.2 Å². The lowest BCUT2D eigenvalue weighted by molar-refractivity contribution is 0.0942. The number of hydrogen-bond acceptors (Lipinski definition) is 3. The monoisotopic (exact) mass is 343 g/mol. The molecule has 0 aliphatic rings. The number of rotatable bonds is 6. The van der Waals surface area contributed by atoms with Crippen molar-refractivity contribution in [1.29, 1.82) is 0 Å². The van der Waals surface area contributed by atoms with Crippen molar-refractivity contribution in [2.24, 2.45) is 0 Å². The van der Waals surface area contributed by atoms with E-state index in [0.717, 1.165) is 17.8 Å². The van der Waals surface area contributed by atoms with Gasteiger partial charge < -0.3 is 5.32 Å². The van der Waals surface area contributed by atoms with Crippen molar-refractivity contribution in [3.8, 4) is 0 Å². The van der Waals surface area contributed by atoms with Crippen molar-refractivity contribution in [2.45, 2.75) is 40.3 Å². The average Bonchev–Trinajstić information content (AvgIpc) is 2.99. The first-order valence-corrected chi connectivity index (χ1v) is 7.90. The molecule has 0 radical (unpaired) electrons. The average molecular weight is 344 g/mol. The predicted octanol–water partition coefficient (Wildman–Crippen LogP) is 2.84. The van der Waals surface area contributed by atoms with E-state index in [0.29, 0.717) is 35.4 Å². The van der Waals surface area contributed by atoms with Crippen molar-refractivity contribution in [3.63, 3.8) is 0 Å². The Balaban J connectivity index is 1.87. The van der Waals surface area contributed by atoms with Crippen LogP contribution < -0.4 is 5.32 Å². The lowest BCUT2D eigenvalue weighted by atomic mass is 10.3. The molecular formula is C14H19Cl2N5O. The number of aryl methyl sites for hydroxylation is 3. The fourth-order valence-electron chi connectivity index (χ4n) is 2.24. The summed E-state index contributed by atoms with van der Waals surface area (Å²) < 4.78 is 3.44. The van der Waals surface area contributed by atoms with Crippen molar-refractivity contribution in [1.82, 2.24) is 24.9 Å². The topological polar surface area (TPSA) is 64.7 Å². The van der Waals surface area contributed by atoms with Gasteiger partial charge in [0, 0.05) is 19.6 Å². The lowest BCUT2D eigenvalue weighted by Crippen LogP contribution is -2.28. The van der Waals surface area contributed by atoms with Crippen molar-refractivity contribution < 1.29 is 4.79 Å². The van der Waals surface area contributed by atoms with Gasteiger partial charge in [0.25, 0.3) is 5.91 Å². The molecule has 0 unspecified atom stereocenters. The van der Waals surface area contributed by atoms with Crippen LogP contribution in [0.3, 0.4) is 0 Å². The maximum Gasteiger partial charge on any atom is 0.271 e. The molecule has 2 heterocycles. The zero-order valence-electron chi connectivity index (χ0n) is 12.9. The largest absolute Gasteiger partial charge is 0.351 e. The highest BCUT2D eigenvalue weighted by Gasteiger charge is 2.16. The van der Waals surface area contributed by atoms with Gasteiger partial charge >= 0.3 is 0 Å². The first-order chi connectivity index (χ1) is 10.5. The highest BCUT2D eigenvalue weighted by atomic mass is 35.5. The second-order valence-electron chi connectivity index (χ2n) is 4.97. The van der Waals surface area contributed by atoms with Crippen molar-refractivity contribution in [3.05, 3.63) is 33.3 Å². The van der Waals surface area contributed by atoms with Crippen LogP contribution in [0.15, 0.2) is 6.20 Å². The van der Waals surface area contributed by atoms with Crippen LogP contribution in [0.1, 0.15) is 35.2 Å². The maximum atomic E-state index is 12.1. The van der Waals surface area contributed by atoms with E-state index < -0.39 is 0 Å². The van der Waals surface area contributed by atoms with Crippen LogP contribution >= 0.6 is 23.2 Å². The van der Waals surface area contributed by atoms with Gasteiger partial charge in [-0.15, -0.1) is 0 Å². The standard InChI is InChI=1S/C14H19Cl2N5O/c1-4-20-13(11(15)8-18-20)14(22)17-6-5-7-21-10(3)12(16)9(2)19-21/h8H,4-7H2,1-3H3,(H,17,22). The molecular weight excluding hydrogens is 325 g/mol. The summed E-state index contributed by atoms with van der Waals surface area (Å²) in [6.07, 6.45) is 2.24. The van der Waals surface area contributed by atoms with E-state index in [-0.39, 0.29) is 5.91 Å². The minimum Gasteiger partial charge on any atom is -0.351 e. The highest BCUT2D eigenvalue weighted by Crippen LogP contribution is 2.19. The van der Waals surface area contributed by atoms with Gasteiger partial charge in [-0.2, -0.15) is 10.2 Å². The molecule has 8 heteroatoms. The number of nitrogens with one attached hydrogen (secondary N) is 1. The molecule has 22 heavy (non-hydrogen) atoms. The summed E-state index contributed by atoms with van der Waals surface area (Å²) in [6.45, 7) is 7.54. The molecule has 0 aromatic carbocycles. The molecule has 0 saturated heterocycles. The summed E-state index contributed by atoms with van der Waals surface area (Å²) in [5, 5.41) is 12.3. The molecule has 0 saturated carbocycles. The Hall–Kier alpha value is -1.53. The Bertz CT molecular complexity index is 677. The fraction of sp³-hybridized carbons (Fsp3) is 0.500. The Kier molecular flexibility index (Phi) is 5.47. The van der Waals surface area contributed by atoms with Crippen LogP contribution in [0.25, 0.3) is 0 Å². The van der Waals surface area contributed by atoms with E-state index in [1.165, 1.54) is 6.20 Å². The molecule has 0 fully saturated rings. The van der Waals surface area contributed by atoms with E-state index in [9.17, 15) is 4.79 Å². The molecule has 0 spiro atoms. The van der Waals surface area contributed by atoms with Crippen LogP contribution in [0.5, 0.6) is 0 Å². The summed E-state index contributed by atoms with van der Waals surface area (Å²) in [4.78, 5) is 12.1. The summed E-state index contributed by atoms with van der Waals surface area (Å²) in [5.41, 5.74) is 2.16. The SMILES string of the molecule is CCn1ncc(Cl)c1C(=O)NCCCn1nc(C)c(Cl)c1C. The molecule has 2 rings (SSSR count). The summed E-state index contributed by atoms with van der Waals surface area (Å²) in [7, 11) is 0. The molecule has 0 aliphatic heterocycles. The normalized spacial score (nSPS) is 11.0. The second kappa shape index (κ2) is 7.15. The minimum atomic E-state index is -0.212. The zero-order valence-corrected chi connectivity index (χ0v) is 14.4. The van der Waals surface area contributed by atoms with Gasteiger partial charge in [-0.05, 0) is 27.2 Å². The van der Waals surface area contributed by atoms with Crippen LogP contribution in [-0.4, -0.2) is 32.0 Å². The van der Waals surface area contributed by atoms with Gasteiger partial charge in [0.05, 0.1) is 27.6 Å². The Morgan fingerprint density at radius 1 is 1.32 bits per heavy atom. The van der Waals surface area contributed by atoms with Crippen LogP contribution in [0.4, 0.5) is 0 Å². The van der Waals surface area contributed by atoms with Crippen LogP contribution in [0, 0.1) is 13.8 Å². The smallest absolute Gasteiger partial charge is 0.271 e. The fourth-order valence-corrected chi connectivity index (χ4v) is 2.60. The number of nitrogens with zero attached hydrogens (tertiary/aromatic N) is 4. The molecule has 0 aliphatic carbocycles. The Morgan fingerprint density at radius 2 is 2.05 bits per heavy atom. The molecule has 0 bridgehead atoms. The predicted molar refractivity (Wildman–Crippen MR) is 86.6 cm³/mol. The van der Waals surface area contributed by atoms with Gasteiger partial charge in [-0.25, -0.2) is 0 Å². The molecule has 1 N–H and O–H groups in total. The first-order valence-electron chi connectivity index (χ1n) is 7.14. The lowest BCUT2D eigenvalue weighted by Gasteiger charge is -2.08. The third-order valence-corrected chi connectivity index (χ3v) is 4.26. The molecule has 2 aromatic heterocycles. The molecule has 0 atom stereocenters. The van der Waals surface area contributed by atoms with Crippen molar-refractivity contribution >= 4 is 29.1 Å². The number of halogens is 2. The Morgan fingerprint density at radius 3 is 2.64 bits per heavy atom. The molecule has 6 nitrogen and oxygen atoms in total. The summed E-state index contributed by atoms with van der Waals surface area (Å²) >= 11 is 12.1. The minimum absolute atomic E-state index is 0.212. The van der Waals surface area contributed by atoms with Crippen LogP contribution in [0.2, 0.25) is 10.0 Å². The maximum absolute atomic E-state index is 12.1. The summed E-state index contributed by atoms with van der Waals surface area (Å²) in [6, 6.07) is 0.